The van der Waals surface area contributed by atoms with Gasteiger partial charge in [0.1, 0.15) is 28.4 Å². The van der Waals surface area contributed by atoms with Crippen LogP contribution in [0.4, 0.5) is 14.5 Å². The van der Waals surface area contributed by atoms with E-state index in [1.54, 1.807) is 71.9 Å². The summed E-state index contributed by atoms with van der Waals surface area (Å²) in [6.45, 7) is 17.1. The van der Waals surface area contributed by atoms with Crippen LogP contribution < -0.4 is 10.6 Å². The topological polar surface area (TPSA) is 178 Å². The number of fused-ring (bicyclic) bond motifs is 4. The standard InChI is InChI=1S/C31H24FN7S.C28H26FN7S/c1-4-19(16-21(5-2)35-18(3)20-10-7-6-8-11-20)27-26(32)25-23(17-34-27)38-39-29(25)31-36-28-22(24-12-9-15-40-24)13-14-33-30(28)37-31;1-16-6-8-36(14-16)15-17-10-18(12-30-11-17)24-23(29)22-20(13-32-24)35-28(22,2)27-33-25-19(21-4-3-9-37-21)5-7-31-26(25)34-27/h4-17,35H,2-3H2,1H3,(H,38,39)(H,33,36,37);3-5,7,9-13,16,35H,6,8,14-15H2,1-2H3,(H,31,33,34)/b19-4+,21-16+;. The predicted octanol–water partition coefficient (Wildman–Crippen LogP) is 13.3. The van der Waals surface area contributed by atoms with Gasteiger partial charge < -0.3 is 20.6 Å². The van der Waals surface area contributed by atoms with Gasteiger partial charge in [-0.1, -0.05) is 68.6 Å². The van der Waals surface area contributed by atoms with Gasteiger partial charge in [-0.3, -0.25) is 25.0 Å². The maximum atomic E-state index is 16.2. The van der Waals surface area contributed by atoms with Crippen LogP contribution >= 0.6 is 22.7 Å². The number of thiophene rings is 2. The van der Waals surface area contributed by atoms with Crippen molar-refractivity contribution >= 4 is 72.9 Å². The maximum absolute atomic E-state index is 16.2. The summed E-state index contributed by atoms with van der Waals surface area (Å²) in [7, 11) is 0. The minimum absolute atomic E-state index is 0.178. The molecule has 14 nitrogen and oxygen atoms in total. The quantitative estimate of drug-likeness (QED) is 0.0694. The first-order valence-electron chi connectivity index (χ1n) is 25.0. The largest absolute Gasteiger partial charge is 0.367 e. The van der Waals surface area contributed by atoms with Gasteiger partial charge in [-0.05, 0) is 97.1 Å². The van der Waals surface area contributed by atoms with Crippen LogP contribution in [0.25, 0.3) is 88.2 Å². The van der Waals surface area contributed by atoms with Crippen molar-refractivity contribution in [2.24, 2.45) is 5.92 Å². The number of hydrogen-bond donors (Lipinski definition) is 5. The van der Waals surface area contributed by atoms with Crippen LogP contribution in [0.2, 0.25) is 0 Å². The average molecular weight is 1060 g/mol. The molecular formula is C59H50F2N14S2. The lowest BCUT2D eigenvalue weighted by molar-refractivity contribution is 0.320. The highest BCUT2D eigenvalue weighted by Crippen LogP contribution is 2.48. The van der Waals surface area contributed by atoms with Gasteiger partial charge in [0.25, 0.3) is 0 Å². The molecule has 2 atom stereocenters. The second kappa shape index (κ2) is 20.4. The van der Waals surface area contributed by atoms with Crippen LogP contribution in [0.3, 0.4) is 0 Å². The summed E-state index contributed by atoms with van der Waals surface area (Å²) in [5, 5.41) is 18.3. The van der Waals surface area contributed by atoms with Gasteiger partial charge in [-0.15, -0.1) is 22.7 Å². The van der Waals surface area contributed by atoms with Crippen molar-refractivity contribution in [2.45, 2.75) is 39.3 Å². The second-order valence-electron chi connectivity index (χ2n) is 19.2. The van der Waals surface area contributed by atoms with Crippen LogP contribution in [0.1, 0.15) is 55.4 Å². The Labute approximate surface area is 449 Å². The van der Waals surface area contributed by atoms with Crippen LogP contribution in [-0.4, -0.2) is 73.0 Å². The van der Waals surface area contributed by atoms with Crippen molar-refractivity contribution in [3.63, 3.8) is 0 Å². The van der Waals surface area contributed by atoms with Gasteiger partial charge in [0.05, 0.1) is 40.0 Å². The molecule has 77 heavy (non-hydrogen) atoms. The Balaban J connectivity index is 0.000000155. The number of H-pyrrole nitrogens is 3. The molecule has 11 aromatic rings. The fourth-order valence-corrected chi connectivity index (χ4v) is 11.6. The van der Waals surface area contributed by atoms with Crippen molar-refractivity contribution in [1.82, 2.24) is 65.3 Å². The summed E-state index contributed by atoms with van der Waals surface area (Å²) in [5.74, 6) is 0.891. The van der Waals surface area contributed by atoms with E-state index in [1.165, 1.54) is 6.42 Å². The number of aromatic nitrogens is 11. The van der Waals surface area contributed by atoms with Gasteiger partial charge in [0, 0.05) is 86.9 Å². The summed E-state index contributed by atoms with van der Waals surface area (Å²) in [6, 6.07) is 23.8. The molecule has 1 aromatic carbocycles. The smallest absolute Gasteiger partial charge is 0.178 e. The number of aromatic amines is 3. The number of pyridine rings is 5. The third-order valence-corrected chi connectivity index (χ3v) is 15.8. The monoisotopic (exact) mass is 1060 g/mol. The maximum Gasteiger partial charge on any atom is 0.178 e. The van der Waals surface area contributed by atoms with Crippen molar-refractivity contribution in [3.05, 3.63) is 198 Å². The summed E-state index contributed by atoms with van der Waals surface area (Å²) in [5.41, 5.74) is 11.1. The molecule has 382 valence electrons. The number of imidazole rings is 2. The van der Waals surface area contributed by atoms with E-state index in [0.717, 1.165) is 62.7 Å². The van der Waals surface area contributed by atoms with Crippen LogP contribution in [-0.2, 0) is 12.1 Å². The molecule has 0 aliphatic carbocycles. The first kappa shape index (κ1) is 49.1. The van der Waals surface area contributed by atoms with Gasteiger partial charge >= 0.3 is 0 Å². The summed E-state index contributed by atoms with van der Waals surface area (Å²) in [4.78, 5) is 43.0. The zero-order chi connectivity index (χ0) is 52.8. The average Bonchev–Trinajstić information content (AvgIpc) is 4.50. The molecule has 0 amide bonds. The molecule has 13 rings (SSSR count). The lowest BCUT2D eigenvalue weighted by Gasteiger charge is -2.41. The lowest BCUT2D eigenvalue weighted by Crippen LogP contribution is -2.44. The molecule has 12 heterocycles. The normalized spacial score (nSPS) is 16.5. The third-order valence-electron chi connectivity index (χ3n) is 14.0. The highest BCUT2D eigenvalue weighted by molar-refractivity contribution is 7.14. The van der Waals surface area contributed by atoms with E-state index in [1.807, 2.05) is 97.5 Å². The molecule has 10 aromatic heterocycles. The molecule has 5 N–H and O–H groups in total. The van der Waals surface area contributed by atoms with E-state index in [9.17, 15) is 0 Å². The van der Waals surface area contributed by atoms with Gasteiger partial charge in [0.2, 0.25) is 0 Å². The molecule has 0 radical (unpaired) electrons. The number of anilines is 1. The van der Waals surface area contributed by atoms with Crippen LogP contribution in [0.5, 0.6) is 0 Å². The molecular weight excluding hydrogens is 1010 g/mol. The minimum Gasteiger partial charge on any atom is -0.367 e. The van der Waals surface area contributed by atoms with Crippen molar-refractivity contribution in [3.8, 4) is 43.7 Å². The first-order valence-corrected chi connectivity index (χ1v) is 26.8. The first-order chi connectivity index (χ1) is 37.6. The summed E-state index contributed by atoms with van der Waals surface area (Å²) >= 11 is 3.28. The molecule has 0 spiro atoms. The van der Waals surface area contributed by atoms with E-state index in [2.05, 4.69) is 91.8 Å². The van der Waals surface area contributed by atoms with E-state index in [0.29, 0.717) is 79.5 Å². The zero-order valence-corrected chi connectivity index (χ0v) is 43.8. The molecule has 18 heteroatoms. The van der Waals surface area contributed by atoms with Crippen molar-refractivity contribution < 1.29 is 8.78 Å². The van der Waals surface area contributed by atoms with E-state index >= 15 is 8.78 Å². The van der Waals surface area contributed by atoms with Gasteiger partial charge in [-0.25, -0.2) is 28.7 Å². The SMILES string of the molecule is C=C/C(=C\C(=C/C)c1ncc2[nH]nc(-c3nc4nccc(-c5cccs5)c4[nH]3)c2c1F)NC(=C)c1ccccc1.CC1CCN(Cc2cncc(-c3ncc4c(c3F)C(C)(c3nc5nccc(-c6cccs6)c5[nH]3)N4)c2)C1. The third kappa shape index (κ3) is 9.19. The molecule has 2 unspecified atom stereocenters. The minimum atomic E-state index is -0.832. The molecule has 0 bridgehead atoms. The Morgan fingerprint density at radius 2 is 1.60 bits per heavy atom. The number of hydrogen-bond acceptors (Lipinski definition) is 13. The number of nitrogens with one attached hydrogen (secondary N) is 5. The van der Waals surface area contributed by atoms with Crippen LogP contribution in [0.15, 0.2) is 158 Å². The Hall–Kier alpha value is -8.84. The fraction of sp³-hybridized carbons (Fsp3) is 0.153. The second-order valence-corrected chi connectivity index (χ2v) is 21.1. The summed E-state index contributed by atoms with van der Waals surface area (Å²) < 4.78 is 32.3. The van der Waals surface area contributed by atoms with E-state index in [-0.39, 0.29) is 16.9 Å². The number of allylic oxidation sites excluding steroid dienone is 4. The predicted molar refractivity (Wildman–Crippen MR) is 304 cm³/mol. The number of likely N-dealkylation sites (tertiary alicyclic amines) is 1. The number of rotatable bonds is 13. The Morgan fingerprint density at radius 3 is 2.29 bits per heavy atom. The summed E-state index contributed by atoms with van der Waals surface area (Å²) in [6.07, 6.45) is 16.8. The van der Waals surface area contributed by atoms with Gasteiger partial charge in [-0.2, -0.15) is 5.10 Å². The lowest BCUT2D eigenvalue weighted by atomic mass is 9.81. The zero-order valence-electron chi connectivity index (χ0n) is 42.2. The van der Waals surface area contributed by atoms with Crippen molar-refractivity contribution in [1.29, 1.82) is 0 Å². The van der Waals surface area contributed by atoms with E-state index in [4.69, 9.17) is 4.98 Å². The molecule has 0 saturated carbocycles. The van der Waals surface area contributed by atoms with Crippen LogP contribution in [0, 0.1) is 17.6 Å². The highest BCUT2D eigenvalue weighted by atomic mass is 32.1. The van der Waals surface area contributed by atoms with E-state index < -0.39 is 11.4 Å². The Kier molecular flexibility index (Phi) is 13.0. The van der Waals surface area contributed by atoms with Gasteiger partial charge in [0.15, 0.2) is 28.8 Å². The molecule has 2 aliphatic heterocycles. The number of nitrogens with zero attached hydrogens (tertiary/aromatic N) is 9. The Morgan fingerprint density at radius 1 is 0.857 bits per heavy atom. The molecule has 2 aliphatic rings. The number of halogens is 2. The fourth-order valence-electron chi connectivity index (χ4n) is 10.1. The number of benzene rings is 1. The molecule has 1 saturated heterocycles. The molecule has 1 fully saturated rings. The van der Waals surface area contributed by atoms with Crippen molar-refractivity contribution in [2.75, 3.05) is 18.4 Å². The highest BCUT2D eigenvalue weighted by Gasteiger charge is 2.46. The Bertz CT molecular complexity index is 4080.